The van der Waals surface area contributed by atoms with E-state index < -0.39 is 25.2 Å². The lowest BCUT2D eigenvalue weighted by atomic mass is 10.4. The van der Waals surface area contributed by atoms with Gasteiger partial charge >= 0.3 is 6.03 Å². The zero-order chi connectivity index (χ0) is 8.15. The largest absolute Gasteiger partial charge is 0.352 e. The van der Waals surface area contributed by atoms with Gasteiger partial charge in [0.15, 0.2) is 6.17 Å². The van der Waals surface area contributed by atoms with Crippen molar-refractivity contribution in [3.05, 3.63) is 0 Å². The van der Waals surface area contributed by atoms with Crippen molar-refractivity contribution in [3.8, 4) is 0 Å². The van der Waals surface area contributed by atoms with Crippen LogP contribution in [0.4, 0.5) is 18.0 Å². The molecule has 0 saturated carbocycles. The lowest BCUT2D eigenvalue weighted by Crippen LogP contribution is -2.36. The maximum atomic E-state index is 11.9. The van der Waals surface area contributed by atoms with E-state index in [1.165, 1.54) is 0 Å². The van der Waals surface area contributed by atoms with Crippen LogP contribution in [0.1, 0.15) is 0 Å². The van der Waals surface area contributed by atoms with E-state index in [-0.39, 0.29) is 0 Å². The zero-order valence-corrected chi connectivity index (χ0v) is 4.98. The Morgan fingerprint density at radius 1 is 1.50 bits per heavy atom. The van der Waals surface area contributed by atoms with Crippen LogP contribution in [-0.2, 0) is 0 Å². The fourth-order valence-electron chi connectivity index (χ4n) is 0.287. The number of hydrogen-bond acceptors (Lipinski definition) is 1. The molecule has 2 amide bonds. The van der Waals surface area contributed by atoms with E-state index in [0.29, 0.717) is 0 Å². The maximum absolute atomic E-state index is 11.9. The standard InChI is InChI=1S/C4H7F3N2O/c5-2(3(6)7)1-9-4(8)10/h2-3H,1H2,(H3,8,9,10). The molecule has 0 aliphatic rings. The van der Waals surface area contributed by atoms with Gasteiger partial charge < -0.3 is 11.1 Å². The third-order valence-corrected chi connectivity index (χ3v) is 0.745. The molecule has 10 heavy (non-hydrogen) atoms. The summed E-state index contributed by atoms with van der Waals surface area (Å²) in [5, 5.41) is 1.71. The van der Waals surface area contributed by atoms with Crippen LogP contribution in [0.3, 0.4) is 0 Å². The lowest BCUT2D eigenvalue weighted by Gasteiger charge is -2.05. The van der Waals surface area contributed by atoms with E-state index >= 15 is 0 Å². The second-order valence-electron chi connectivity index (χ2n) is 1.60. The van der Waals surface area contributed by atoms with Crippen molar-refractivity contribution in [1.29, 1.82) is 0 Å². The number of hydrogen-bond donors (Lipinski definition) is 2. The Hall–Kier alpha value is -0.940. The lowest BCUT2D eigenvalue weighted by molar-refractivity contribution is 0.0517. The number of carbonyl (C=O) groups excluding carboxylic acids is 1. The first kappa shape index (κ1) is 9.06. The molecule has 0 heterocycles. The molecule has 0 radical (unpaired) electrons. The van der Waals surface area contributed by atoms with Gasteiger partial charge in [-0.2, -0.15) is 0 Å². The average Bonchev–Trinajstić information content (AvgIpc) is 1.82. The van der Waals surface area contributed by atoms with Crippen molar-refractivity contribution < 1.29 is 18.0 Å². The van der Waals surface area contributed by atoms with Crippen molar-refractivity contribution in [2.24, 2.45) is 5.73 Å². The topological polar surface area (TPSA) is 55.1 Å². The smallest absolute Gasteiger partial charge is 0.312 e. The van der Waals surface area contributed by atoms with Gasteiger partial charge in [-0.3, -0.25) is 0 Å². The molecule has 60 valence electrons. The van der Waals surface area contributed by atoms with Gasteiger partial charge in [0.1, 0.15) is 0 Å². The molecule has 0 aromatic heterocycles. The van der Waals surface area contributed by atoms with Gasteiger partial charge in [0, 0.05) is 0 Å². The summed E-state index contributed by atoms with van der Waals surface area (Å²) in [6.45, 7) is -0.743. The quantitative estimate of drug-likeness (QED) is 0.604. The summed E-state index contributed by atoms with van der Waals surface area (Å²) in [5.41, 5.74) is 4.48. The van der Waals surface area contributed by atoms with E-state index in [1.807, 2.05) is 0 Å². The molecule has 0 spiro atoms. The number of primary amides is 1. The number of urea groups is 1. The minimum absolute atomic E-state index is 0.743. The van der Waals surface area contributed by atoms with Crippen molar-refractivity contribution in [2.45, 2.75) is 12.6 Å². The molecular weight excluding hydrogens is 149 g/mol. The van der Waals surface area contributed by atoms with Gasteiger partial charge in [-0.25, -0.2) is 18.0 Å². The molecule has 0 aliphatic carbocycles. The second kappa shape index (κ2) is 3.97. The SMILES string of the molecule is NC(=O)NCC(F)C(F)F. The molecule has 1 atom stereocenters. The van der Waals surface area contributed by atoms with Crippen LogP contribution >= 0.6 is 0 Å². The molecule has 0 aromatic rings. The highest BCUT2D eigenvalue weighted by atomic mass is 19.3. The first-order valence-electron chi connectivity index (χ1n) is 2.49. The van der Waals surface area contributed by atoms with Gasteiger partial charge in [-0.1, -0.05) is 0 Å². The number of alkyl halides is 3. The number of halogens is 3. The van der Waals surface area contributed by atoms with Crippen molar-refractivity contribution in [2.75, 3.05) is 6.54 Å². The van der Waals surface area contributed by atoms with Crippen LogP contribution < -0.4 is 11.1 Å². The van der Waals surface area contributed by atoms with Gasteiger partial charge in [0.05, 0.1) is 6.54 Å². The Morgan fingerprint density at radius 3 is 2.30 bits per heavy atom. The summed E-state index contributed by atoms with van der Waals surface area (Å²) in [6, 6.07) is -1.01. The van der Waals surface area contributed by atoms with Crippen molar-refractivity contribution in [1.82, 2.24) is 5.32 Å². The molecule has 6 heteroatoms. The zero-order valence-electron chi connectivity index (χ0n) is 4.98. The Balaban J connectivity index is 3.39. The minimum atomic E-state index is -3.08. The van der Waals surface area contributed by atoms with E-state index in [2.05, 4.69) is 5.73 Å². The fourth-order valence-corrected chi connectivity index (χ4v) is 0.287. The third kappa shape index (κ3) is 3.99. The number of rotatable bonds is 3. The van der Waals surface area contributed by atoms with Gasteiger partial charge in [0.25, 0.3) is 6.43 Å². The predicted octanol–water partition coefficient (Wildman–Crippen LogP) is 0.258. The molecule has 0 fully saturated rings. The number of nitrogens with two attached hydrogens (primary N) is 1. The molecule has 3 N–H and O–H groups in total. The highest BCUT2D eigenvalue weighted by molar-refractivity contribution is 5.71. The molecule has 0 saturated heterocycles. The summed E-state index contributed by atoms with van der Waals surface area (Å²) in [4.78, 5) is 9.83. The number of carbonyl (C=O) groups is 1. The molecule has 0 aliphatic heterocycles. The van der Waals surface area contributed by atoms with Crippen LogP contribution in [0.2, 0.25) is 0 Å². The molecule has 3 nitrogen and oxygen atoms in total. The highest BCUT2D eigenvalue weighted by Gasteiger charge is 2.18. The van der Waals surface area contributed by atoms with Gasteiger partial charge in [0.2, 0.25) is 0 Å². The minimum Gasteiger partial charge on any atom is -0.352 e. The normalized spacial score (nSPS) is 13.2. The van der Waals surface area contributed by atoms with Gasteiger partial charge in [-0.05, 0) is 0 Å². The Morgan fingerprint density at radius 2 is 2.00 bits per heavy atom. The number of nitrogens with one attached hydrogen (secondary N) is 1. The first-order valence-corrected chi connectivity index (χ1v) is 2.49. The van der Waals surface area contributed by atoms with Crippen molar-refractivity contribution in [3.63, 3.8) is 0 Å². The van der Waals surface area contributed by atoms with Crippen LogP contribution in [0.15, 0.2) is 0 Å². The average molecular weight is 156 g/mol. The van der Waals surface area contributed by atoms with Crippen LogP contribution in [0.5, 0.6) is 0 Å². The summed E-state index contributed by atoms with van der Waals surface area (Å²) in [6.07, 6.45) is -5.42. The summed E-state index contributed by atoms with van der Waals surface area (Å²) >= 11 is 0. The molecule has 0 bridgehead atoms. The van der Waals surface area contributed by atoms with E-state index in [9.17, 15) is 18.0 Å². The van der Waals surface area contributed by atoms with Gasteiger partial charge in [-0.15, -0.1) is 0 Å². The molecular formula is C4H7F3N2O. The second-order valence-corrected chi connectivity index (χ2v) is 1.60. The highest BCUT2D eigenvalue weighted by Crippen LogP contribution is 2.02. The maximum Gasteiger partial charge on any atom is 0.312 e. The van der Waals surface area contributed by atoms with Crippen LogP contribution in [-0.4, -0.2) is 25.2 Å². The Kier molecular flexibility index (Phi) is 3.60. The molecule has 1 unspecified atom stereocenters. The Labute approximate surface area is 55.4 Å². The third-order valence-electron chi connectivity index (χ3n) is 0.745. The first-order chi connectivity index (χ1) is 4.54. The fraction of sp³-hybridized carbons (Fsp3) is 0.750. The molecule has 0 aromatic carbocycles. The monoisotopic (exact) mass is 156 g/mol. The Bertz CT molecular complexity index is 119. The van der Waals surface area contributed by atoms with Crippen LogP contribution in [0.25, 0.3) is 0 Å². The summed E-state index contributed by atoms with van der Waals surface area (Å²) in [7, 11) is 0. The number of amides is 2. The van der Waals surface area contributed by atoms with E-state index in [0.717, 1.165) is 0 Å². The predicted molar refractivity (Wildman–Crippen MR) is 28.5 cm³/mol. The molecule has 0 rings (SSSR count). The van der Waals surface area contributed by atoms with E-state index in [1.54, 1.807) is 5.32 Å². The van der Waals surface area contributed by atoms with Crippen molar-refractivity contribution >= 4 is 6.03 Å². The van der Waals surface area contributed by atoms with Crippen LogP contribution in [0, 0.1) is 0 Å². The summed E-state index contributed by atoms with van der Waals surface area (Å²) < 4.78 is 34.5. The van der Waals surface area contributed by atoms with E-state index in [4.69, 9.17) is 0 Å². The summed E-state index contributed by atoms with van der Waals surface area (Å²) in [5.74, 6) is 0.